The lowest BCUT2D eigenvalue weighted by Gasteiger charge is -2.29. The SMILES string of the molecule is CC(C)C(C)OC1CCCc2ccccc21. The maximum Gasteiger partial charge on any atom is 0.0831 e. The van der Waals surface area contributed by atoms with Crippen LogP contribution in [0.5, 0.6) is 0 Å². The summed E-state index contributed by atoms with van der Waals surface area (Å²) in [5.74, 6) is 0.592. The largest absolute Gasteiger partial charge is 0.370 e. The van der Waals surface area contributed by atoms with Crippen molar-refractivity contribution in [2.45, 2.75) is 52.2 Å². The second kappa shape index (κ2) is 5.01. The van der Waals surface area contributed by atoms with Crippen molar-refractivity contribution in [2.75, 3.05) is 0 Å². The van der Waals surface area contributed by atoms with Crippen LogP contribution in [0.15, 0.2) is 24.3 Å². The maximum atomic E-state index is 6.18. The molecule has 0 saturated heterocycles. The Bertz CT molecular complexity index is 343. The second-order valence-corrected chi connectivity index (χ2v) is 5.16. The Hall–Kier alpha value is -0.820. The van der Waals surface area contributed by atoms with Crippen LogP contribution in [0.25, 0.3) is 0 Å². The third kappa shape index (κ3) is 2.46. The van der Waals surface area contributed by atoms with Gasteiger partial charge in [0.15, 0.2) is 0 Å². The highest BCUT2D eigenvalue weighted by Crippen LogP contribution is 2.33. The first-order valence-corrected chi connectivity index (χ1v) is 6.41. The van der Waals surface area contributed by atoms with E-state index in [4.69, 9.17) is 4.74 Å². The average Bonchev–Trinajstić information content (AvgIpc) is 2.29. The topological polar surface area (TPSA) is 9.23 Å². The maximum absolute atomic E-state index is 6.18. The fourth-order valence-corrected chi connectivity index (χ4v) is 2.27. The van der Waals surface area contributed by atoms with E-state index < -0.39 is 0 Å². The zero-order valence-electron chi connectivity index (χ0n) is 10.6. The highest BCUT2D eigenvalue weighted by atomic mass is 16.5. The summed E-state index contributed by atoms with van der Waals surface area (Å²) in [5, 5.41) is 0. The van der Waals surface area contributed by atoms with Gasteiger partial charge in [-0.1, -0.05) is 38.1 Å². The molecule has 88 valence electrons. The molecule has 0 radical (unpaired) electrons. The molecular weight excluding hydrogens is 196 g/mol. The molecule has 0 aromatic heterocycles. The van der Waals surface area contributed by atoms with Gasteiger partial charge in [0.2, 0.25) is 0 Å². The molecule has 0 fully saturated rings. The van der Waals surface area contributed by atoms with Crippen LogP contribution >= 0.6 is 0 Å². The highest BCUT2D eigenvalue weighted by Gasteiger charge is 2.22. The zero-order chi connectivity index (χ0) is 11.5. The molecule has 1 aliphatic carbocycles. The fraction of sp³-hybridized carbons (Fsp3) is 0.600. The number of aryl methyl sites for hydroxylation is 1. The monoisotopic (exact) mass is 218 g/mol. The Labute approximate surface area is 98.8 Å². The molecule has 1 aromatic rings. The lowest BCUT2D eigenvalue weighted by Crippen LogP contribution is -2.21. The first-order chi connectivity index (χ1) is 7.68. The number of fused-ring (bicyclic) bond motifs is 1. The summed E-state index contributed by atoms with van der Waals surface area (Å²) >= 11 is 0. The smallest absolute Gasteiger partial charge is 0.0831 e. The summed E-state index contributed by atoms with van der Waals surface area (Å²) < 4.78 is 6.18. The predicted octanol–water partition coefficient (Wildman–Crippen LogP) is 4.13. The van der Waals surface area contributed by atoms with Crippen LogP contribution in [-0.4, -0.2) is 6.10 Å². The first kappa shape index (κ1) is 11.7. The van der Waals surface area contributed by atoms with E-state index >= 15 is 0 Å². The Morgan fingerprint density at radius 2 is 1.94 bits per heavy atom. The van der Waals surface area contributed by atoms with E-state index in [1.807, 2.05) is 0 Å². The van der Waals surface area contributed by atoms with Crippen LogP contribution in [0.1, 0.15) is 50.8 Å². The molecule has 1 aliphatic rings. The van der Waals surface area contributed by atoms with Gasteiger partial charge in [-0.25, -0.2) is 0 Å². The molecular formula is C15H22O. The normalized spacial score (nSPS) is 21.9. The van der Waals surface area contributed by atoms with Crippen molar-refractivity contribution in [3.05, 3.63) is 35.4 Å². The van der Waals surface area contributed by atoms with Crippen molar-refractivity contribution in [1.82, 2.24) is 0 Å². The number of hydrogen-bond acceptors (Lipinski definition) is 1. The van der Waals surface area contributed by atoms with Crippen LogP contribution in [0.3, 0.4) is 0 Å². The molecule has 2 unspecified atom stereocenters. The van der Waals surface area contributed by atoms with Gasteiger partial charge in [-0.2, -0.15) is 0 Å². The highest BCUT2D eigenvalue weighted by molar-refractivity contribution is 5.31. The zero-order valence-corrected chi connectivity index (χ0v) is 10.6. The molecule has 0 heterocycles. The van der Waals surface area contributed by atoms with E-state index in [2.05, 4.69) is 45.0 Å². The summed E-state index contributed by atoms with van der Waals surface area (Å²) in [7, 11) is 0. The van der Waals surface area contributed by atoms with E-state index in [1.165, 1.54) is 30.4 Å². The summed E-state index contributed by atoms with van der Waals surface area (Å²) in [5.41, 5.74) is 2.90. The summed E-state index contributed by atoms with van der Waals surface area (Å²) in [6, 6.07) is 8.73. The molecule has 0 amide bonds. The predicted molar refractivity (Wildman–Crippen MR) is 67.5 cm³/mol. The van der Waals surface area contributed by atoms with Gasteiger partial charge in [-0.05, 0) is 43.2 Å². The average molecular weight is 218 g/mol. The number of ether oxygens (including phenoxy) is 1. The summed E-state index contributed by atoms with van der Waals surface area (Å²) in [4.78, 5) is 0. The molecule has 2 atom stereocenters. The van der Waals surface area contributed by atoms with Gasteiger partial charge in [-0.3, -0.25) is 0 Å². The van der Waals surface area contributed by atoms with Gasteiger partial charge < -0.3 is 4.74 Å². The van der Waals surface area contributed by atoms with Crippen LogP contribution < -0.4 is 0 Å². The van der Waals surface area contributed by atoms with Gasteiger partial charge in [-0.15, -0.1) is 0 Å². The van der Waals surface area contributed by atoms with E-state index in [0.29, 0.717) is 18.1 Å². The van der Waals surface area contributed by atoms with Crippen LogP contribution in [-0.2, 0) is 11.2 Å². The second-order valence-electron chi connectivity index (χ2n) is 5.16. The molecule has 0 saturated carbocycles. The van der Waals surface area contributed by atoms with E-state index in [0.717, 1.165) is 0 Å². The lowest BCUT2D eigenvalue weighted by atomic mass is 9.89. The molecule has 0 aliphatic heterocycles. The molecule has 0 bridgehead atoms. The molecule has 1 nitrogen and oxygen atoms in total. The molecule has 1 aromatic carbocycles. The van der Waals surface area contributed by atoms with E-state index in [9.17, 15) is 0 Å². The molecule has 2 rings (SSSR count). The quantitative estimate of drug-likeness (QED) is 0.741. The molecule has 0 spiro atoms. The van der Waals surface area contributed by atoms with Gasteiger partial charge in [0.05, 0.1) is 12.2 Å². The third-order valence-corrected chi connectivity index (χ3v) is 3.63. The Balaban J connectivity index is 2.13. The van der Waals surface area contributed by atoms with Gasteiger partial charge in [0.25, 0.3) is 0 Å². The number of hydrogen-bond donors (Lipinski definition) is 0. The minimum Gasteiger partial charge on any atom is -0.370 e. The van der Waals surface area contributed by atoms with Crippen LogP contribution in [0, 0.1) is 5.92 Å². The van der Waals surface area contributed by atoms with E-state index in [-0.39, 0.29) is 0 Å². The van der Waals surface area contributed by atoms with Crippen molar-refractivity contribution >= 4 is 0 Å². The van der Waals surface area contributed by atoms with Gasteiger partial charge >= 0.3 is 0 Å². The Kier molecular flexibility index (Phi) is 3.65. The van der Waals surface area contributed by atoms with Crippen molar-refractivity contribution in [3.63, 3.8) is 0 Å². The minimum atomic E-state index is 0.322. The number of benzene rings is 1. The van der Waals surface area contributed by atoms with Crippen molar-refractivity contribution in [2.24, 2.45) is 5.92 Å². The van der Waals surface area contributed by atoms with Crippen LogP contribution in [0.4, 0.5) is 0 Å². The van der Waals surface area contributed by atoms with E-state index in [1.54, 1.807) is 0 Å². The van der Waals surface area contributed by atoms with Gasteiger partial charge in [0, 0.05) is 0 Å². The Morgan fingerprint density at radius 3 is 2.69 bits per heavy atom. The Morgan fingerprint density at radius 1 is 1.19 bits per heavy atom. The first-order valence-electron chi connectivity index (χ1n) is 6.41. The molecule has 0 N–H and O–H groups in total. The van der Waals surface area contributed by atoms with Gasteiger partial charge in [0.1, 0.15) is 0 Å². The van der Waals surface area contributed by atoms with Crippen molar-refractivity contribution < 1.29 is 4.74 Å². The standard InChI is InChI=1S/C15H22O/c1-11(2)12(3)16-15-10-6-8-13-7-4-5-9-14(13)15/h4-5,7,9,11-12,15H,6,8,10H2,1-3H3. The summed E-state index contributed by atoms with van der Waals surface area (Å²) in [6.45, 7) is 6.63. The van der Waals surface area contributed by atoms with Crippen LogP contribution in [0.2, 0.25) is 0 Å². The lowest BCUT2D eigenvalue weighted by molar-refractivity contribution is -0.0345. The third-order valence-electron chi connectivity index (χ3n) is 3.63. The van der Waals surface area contributed by atoms with Crippen molar-refractivity contribution in [1.29, 1.82) is 0 Å². The fourth-order valence-electron chi connectivity index (χ4n) is 2.27. The minimum absolute atomic E-state index is 0.322. The molecule has 1 heteroatoms. The van der Waals surface area contributed by atoms with Crippen molar-refractivity contribution in [3.8, 4) is 0 Å². The molecule has 16 heavy (non-hydrogen) atoms. The number of rotatable bonds is 3. The summed E-state index contributed by atoms with van der Waals surface area (Å²) in [6.07, 6.45) is 4.31.